The molecule has 0 aromatic carbocycles. The standard InChI is InChI=1S/C8H12O2/c1-3-7(10)8(4-5-8)6(2)9/h3-5H2,1-2H3. The van der Waals surface area contributed by atoms with E-state index < -0.39 is 5.41 Å². The van der Waals surface area contributed by atoms with Gasteiger partial charge in [-0.25, -0.2) is 0 Å². The minimum atomic E-state index is -0.519. The molecule has 1 saturated carbocycles. The molecule has 56 valence electrons. The second-order valence-electron chi connectivity index (χ2n) is 2.92. The van der Waals surface area contributed by atoms with Crippen LogP contribution in [-0.2, 0) is 9.59 Å². The van der Waals surface area contributed by atoms with Gasteiger partial charge in [-0.2, -0.15) is 0 Å². The molecule has 0 aliphatic heterocycles. The molecule has 10 heavy (non-hydrogen) atoms. The van der Waals surface area contributed by atoms with E-state index >= 15 is 0 Å². The zero-order chi connectivity index (χ0) is 7.78. The molecule has 0 amide bonds. The minimum absolute atomic E-state index is 0.0550. The van der Waals surface area contributed by atoms with Gasteiger partial charge in [0.05, 0.1) is 5.41 Å². The van der Waals surface area contributed by atoms with Gasteiger partial charge in [-0.1, -0.05) is 6.92 Å². The van der Waals surface area contributed by atoms with E-state index in [0.29, 0.717) is 6.42 Å². The quantitative estimate of drug-likeness (QED) is 0.554. The Kier molecular flexibility index (Phi) is 1.63. The van der Waals surface area contributed by atoms with Gasteiger partial charge in [0, 0.05) is 6.42 Å². The van der Waals surface area contributed by atoms with Crippen molar-refractivity contribution in [3.05, 3.63) is 0 Å². The highest BCUT2D eigenvalue weighted by molar-refractivity contribution is 6.08. The van der Waals surface area contributed by atoms with Crippen LogP contribution in [-0.4, -0.2) is 11.6 Å². The molecule has 1 aliphatic carbocycles. The first kappa shape index (κ1) is 7.45. The molecule has 2 nitrogen and oxygen atoms in total. The lowest BCUT2D eigenvalue weighted by atomic mass is 9.95. The highest BCUT2D eigenvalue weighted by atomic mass is 16.2. The molecule has 1 aliphatic rings. The summed E-state index contributed by atoms with van der Waals surface area (Å²) in [6.07, 6.45) is 2.07. The van der Waals surface area contributed by atoms with E-state index in [9.17, 15) is 9.59 Å². The lowest BCUT2D eigenvalue weighted by Crippen LogP contribution is -2.22. The topological polar surface area (TPSA) is 34.1 Å². The average molecular weight is 140 g/mol. The molecular formula is C8H12O2. The highest BCUT2D eigenvalue weighted by Gasteiger charge is 2.52. The maximum atomic E-state index is 11.1. The van der Waals surface area contributed by atoms with E-state index in [0.717, 1.165) is 12.8 Å². The van der Waals surface area contributed by atoms with Gasteiger partial charge in [-0.05, 0) is 19.8 Å². The minimum Gasteiger partial charge on any atom is -0.299 e. The van der Waals surface area contributed by atoms with Crippen LogP contribution in [0.2, 0.25) is 0 Å². The number of rotatable bonds is 3. The summed E-state index contributed by atoms with van der Waals surface area (Å²) < 4.78 is 0. The van der Waals surface area contributed by atoms with E-state index in [4.69, 9.17) is 0 Å². The van der Waals surface area contributed by atoms with Crippen LogP contribution < -0.4 is 0 Å². The van der Waals surface area contributed by atoms with Gasteiger partial charge in [0.2, 0.25) is 0 Å². The molecule has 0 aromatic rings. The van der Waals surface area contributed by atoms with Gasteiger partial charge in [0.1, 0.15) is 11.6 Å². The van der Waals surface area contributed by atoms with Crippen molar-refractivity contribution in [3.8, 4) is 0 Å². The van der Waals surface area contributed by atoms with Gasteiger partial charge in [-0.3, -0.25) is 9.59 Å². The summed E-state index contributed by atoms with van der Waals surface area (Å²) in [5.41, 5.74) is -0.519. The summed E-state index contributed by atoms with van der Waals surface area (Å²) >= 11 is 0. The Balaban J connectivity index is 2.69. The molecular weight excluding hydrogens is 128 g/mol. The normalized spacial score (nSPS) is 20.2. The van der Waals surface area contributed by atoms with Crippen molar-refractivity contribution >= 4 is 11.6 Å². The van der Waals surface area contributed by atoms with Gasteiger partial charge in [0.25, 0.3) is 0 Å². The Hall–Kier alpha value is -0.660. The summed E-state index contributed by atoms with van der Waals surface area (Å²) in [5.74, 6) is 0.180. The second kappa shape index (κ2) is 2.19. The van der Waals surface area contributed by atoms with Crippen molar-refractivity contribution in [2.24, 2.45) is 5.41 Å². The van der Waals surface area contributed by atoms with Crippen LogP contribution in [0.25, 0.3) is 0 Å². The third-order valence-electron chi connectivity index (χ3n) is 2.28. The Labute approximate surface area is 60.6 Å². The predicted octanol–water partition coefficient (Wildman–Crippen LogP) is 1.33. The van der Waals surface area contributed by atoms with Gasteiger partial charge < -0.3 is 0 Å². The van der Waals surface area contributed by atoms with Crippen LogP contribution in [0.15, 0.2) is 0 Å². The maximum absolute atomic E-state index is 11.1. The Morgan fingerprint density at radius 1 is 1.40 bits per heavy atom. The highest BCUT2D eigenvalue weighted by Crippen LogP contribution is 2.47. The predicted molar refractivity (Wildman–Crippen MR) is 37.6 cm³/mol. The second-order valence-corrected chi connectivity index (χ2v) is 2.92. The number of carbonyl (C=O) groups excluding carboxylic acids is 2. The lowest BCUT2D eigenvalue weighted by molar-refractivity contribution is -0.133. The first-order chi connectivity index (χ1) is 4.63. The fourth-order valence-corrected chi connectivity index (χ4v) is 1.29. The number of carbonyl (C=O) groups is 2. The smallest absolute Gasteiger partial charge is 0.146 e. The molecule has 0 bridgehead atoms. The van der Waals surface area contributed by atoms with E-state index in [-0.39, 0.29) is 11.6 Å². The average Bonchev–Trinajstić information content (AvgIpc) is 2.65. The summed E-state index contributed by atoms with van der Waals surface area (Å²) in [7, 11) is 0. The molecule has 0 saturated heterocycles. The molecule has 0 spiro atoms. The lowest BCUT2D eigenvalue weighted by Gasteiger charge is -2.06. The fourth-order valence-electron chi connectivity index (χ4n) is 1.29. The van der Waals surface area contributed by atoms with E-state index in [1.54, 1.807) is 0 Å². The van der Waals surface area contributed by atoms with Crippen molar-refractivity contribution in [2.45, 2.75) is 33.1 Å². The van der Waals surface area contributed by atoms with E-state index in [1.165, 1.54) is 6.92 Å². The first-order valence-corrected chi connectivity index (χ1v) is 3.68. The molecule has 0 unspecified atom stereocenters. The Morgan fingerprint density at radius 2 is 1.90 bits per heavy atom. The van der Waals surface area contributed by atoms with Crippen molar-refractivity contribution in [1.29, 1.82) is 0 Å². The van der Waals surface area contributed by atoms with Crippen molar-refractivity contribution in [2.75, 3.05) is 0 Å². The van der Waals surface area contributed by atoms with Crippen LogP contribution in [0.5, 0.6) is 0 Å². The third-order valence-corrected chi connectivity index (χ3v) is 2.28. The maximum Gasteiger partial charge on any atom is 0.146 e. The first-order valence-electron chi connectivity index (χ1n) is 3.68. The van der Waals surface area contributed by atoms with Gasteiger partial charge in [-0.15, -0.1) is 0 Å². The number of hydrogen-bond donors (Lipinski definition) is 0. The van der Waals surface area contributed by atoms with Crippen LogP contribution in [0.4, 0.5) is 0 Å². The van der Waals surface area contributed by atoms with Crippen molar-refractivity contribution in [1.82, 2.24) is 0 Å². The SMILES string of the molecule is CCC(=O)C1(C(C)=O)CC1. The zero-order valence-electron chi connectivity index (χ0n) is 6.44. The molecule has 0 atom stereocenters. The van der Waals surface area contributed by atoms with Crippen LogP contribution in [0, 0.1) is 5.41 Å². The van der Waals surface area contributed by atoms with E-state index in [2.05, 4.69) is 0 Å². The zero-order valence-corrected chi connectivity index (χ0v) is 6.44. The van der Waals surface area contributed by atoms with Gasteiger partial charge >= 0.3 is 0 Å². The summed E-state index contributed by atoms with van der Waals surface area (Å²) in [6, 6.07) is 0. The molecule has 0 heterocycles. The number of ketones is 2. The molecule has 0 N–H and O–H groups in total. The van der Waals surface area contributed by atoms with E-state index in [1.807, 2.05) is 6.92 Å². The fraction of sp³-hybridized carbons (Fsp3) is 0.750. The summed E-state index contributed by atoms with van der Waals surface area (Å²) in [4.78, 5) is 22.0. The largest absolute Gasteiger partial charge is 0.299 e. The Morgan fingerprint density at radius 3 is 2.00 bits per heavy atom. The summed E-state index contributed by atoms with van der Waals surface area (Å²) in [6.45, 7) is 3.33. The summed E-state index contributed by atoms with van der Waals surface area (Å²) in [5, 5.41) is 0. The number of hydrogen-bond acceptors (Lipinski definition) is 2. The van der Waals surface area contributed by atoms with Crippen LogP contribution in [0.3, 0.4) is 0 Å². The van der Waals surface area contributed by atoms with Crippen LogP contribution in [0.1, 0.15) is 33.1 Å². The monoisotopic (exact) mass is 140 g/mol. The van der Waals surface area contributed by atoms with Crippen molar-refractivity contribution < 1.29 is 9.59 Å². The Bertz CT molecular complexity index is 178. The molecule has 1 rings (SSSR count). The molecule has 2 heteroatoms. The number of Topliss-reactive ketones (excluding diaryl/α,β-unsaturated/α-hetero) is 2. The van der Waals surface area contributed by atoms with Crippen LogP contribution >= 0.6 is 0 Å². The van der Waals surface area contributed by atoms with Crippen molar-refractivity contribution in [3.63, 3.8) is 0 Å². The van der Waals surface area contributed by atoms with Gasteiger partial charge in [0.15, 0.2) is 0 Å². The molecule has 1 fully saturated rings. The third kappa shape index (κ3) is 0.877. The molecule has 0 radical (unpaired) electrons. The molecule has 0 aromatic heterocycles.